The van der Waals surface area contributed by atoms with E-state index in [-0.39, 0.29) is 24.3 Å². The second-order valence-corrected chi connectivity index (χ2v) is 8.00. The van der Waals surface area contributed by atoms with Gasteiger partial charge in [0.25, 0.3) is 5.91 Å². The molecule has 0 saturated carbocycles. The Balaban J connectivity index is 1.47. The third kappa shape index (κ3) is 4.95. The Morgan fingerprint density at radius 2 is 1.64 bits per heavy atom. The number of likely N-dealkylation sites (N-methyl/N-ethyl adjacent to an activating group) is 1. The van der Waals surface area contributed by atoms with Crippen molar-refractivity contribution in [3.63, 3.8) is 0 Å². The Kier molecular flexibility index (Phi) is 6.53. The monoisotopic (exact) mass is 445 g/mol. The average Bonchev–Trinajstić information content (AvgIpc) is 3.41. The van der Waals surface area contributed by atoms with Crippen molar-refractivity contribution >= 4 is 29.1 Å². The molecule has 3 amide bonds. The average molecular weight is 446 g/mol. The van der Waals surface area contributed by atoms with Gasteiger partial charge in [0.2, 0.25) is 11.8 Å². The minimum atomic E-state index is -0.295. The summed E-state index contributed by atoms with van der Waals surface area (Å²) in [5, 5.41) is 10.1. The Hall–Kier alpha value is -3.94. The molecular formula is C25H27N5O3. The summed E-state index contributed by atoms with van der Waals surface area (Å²) in [7, 11) is 0. The van der Waals surface area contributed by atoms with E-state index < -0.39 is 0 Å². The van der Waals surface area contributed by atoms with Gasteiger partial charge in [-0.1, -0.05) is 18.2 Å². The highest BCUT2D eigenvalue weighted by Gasteiger charge is 2.29. The minimum Gasteiger partial charge on any atom is -0.328 e. The number of nitrogens with one attached hydrogen (secondary N) is 2. The summed E-state index contributed by atoms with van der Waals surface area (Å²) in [6.45, 7) is 3.60. The molecule has 0 saturated heterocycles. The number of benzene rings is 2. The van der Waals surface area contributed by atoms with E-state index in [4.69, 9.17) is 0 Å². The zero-order chi connectivity index (χ0) is 23.4. The first kappa shape index (κ1) is 22.3. The molecule has 1 aromatic heterocycles. The molecule has 0 spiro atoms. The lowest BCUT2D eigenvalue weighted by Gasteiger charge is -2.20. The van der Waals surface area contributed by atoms with Crippen LogP contribution in [0.15, 0.2) is 54.6 Å². The predicted octanol–water partition coefficient (Wildman–Crippen LogP) is 3.42. The zero-order valence-electron chi connectivity index (χ0n) is 18.8. The first-order valence-corrected chi connectivity index (χ1v) is 11.1. The van der Waals surface area contributed by atoms with E-state index in [1.165, 1.54) is 11.8 Å². The normalized spacial score (nSPS) is 12.2. The van der Waals surface area contributed by atoms with E-state index in [1.54, 1.807) is 24.3 Å². The molecule has 0 radical (unpaired) electrons. The summed E-state index contributed by atoms with van der Waals surface area (Å²) in [6.07, 6.45) is 2.68. The maximum atomic E-state index is 13.3. The molecule has 2 aromatic carbocycles. The Morgan fingerprint density at radius 3 is 2.27 bits per heavy atom. The molecule has 1 aliphatic rings. The van der Waals surface area contributed by atoms with Gasteiger partial charge in [-0.3, -0.25) is 14.4 Å². The number of carbonyl (C=O) groups is 3. The lowest BCUT2D eigenvalue weighted by atomic mass is 10.2. The summed E-state index contributed by atoms with van der Waals surface area (Å²) in [6, 6.07) is 16.6. The molecule has 8 heteroatoms. The van der Waals surface area contributed by atoms with Gasteiger partial charge in [-0.25, -0.2) is 4.68 Å². The van der Waals surface area contributed by atoms with E-state index in [9.17, 15) is 14.4 Å². The van der Waals surface area contributed by atoms with Crippen LogP contribution in [0.2, 0.25) is 0 Å². The number of fused-ring (bicyclic) bond motifs is 1. The minimum absolute atomic E-state index is 0.0737. The van der Waals surface area contributed by atoms with Gasteiger partial charge in [0.1, 0.15) is 6.54 Å². The van der Waals surface area contributed by atoms with Gasteiger partial charge < -0.3 is 15.5 Å². The summed E-state index contributed by atoms with van der Waals surface area (Å²) in [5.41, 5.74) is 4.65. The van der Waals surface area contributed by atoms with Crippen molar-refractivity contribution in [1.82, 2.24) is 14.7 Å². The molecule has 0 bridgehead atoms. The van der Waals surface area contributed by atoms with Crippen LogP contribution in [0.1, 0.15) is 42.0 Å². The molecule has 0 unspecified atom stereocenters. The molecular weight excluding hydrogens is 418 g/mol. The van der Waals surface area contributed by atoms with Crippen LogP contribution in [0.5, 0.6) is 0 Å². The van der Waals surface area contributed by atoms with Gasteiger partial charge >= 0.3 is 0 Å². The van der Waals surface area contributed by atoms with Crippen LogP contribution < -0.4 is 10.6 Å². The topological polar surface area (TPSA) is 96.3 Å². The van der Waals surface area contributed by atoms with Crippen LogP contribution in [-0.4, -0.2) is 45.5 Å². The number of amides is 3. The summed E-state index contributed by atoms with van der Waals surface area (Å²) < 4.78 is 1.86. The Labute approximate surface area is 192 Å². The fraction of sp³-hybridized carbons (Fsp3) is 0.280. The first-order chi connectivity index (χ1) is 16.0. The zero-order valence-corrected chi connectivity index (χ0v) is 18.8. The quantitative estimate of drug-likeness (QED) is 0.582. The van der Waals surface area contributed by atoms with Crippen molar-refractivity contribution < 1.29 is 14.4 Å². The maximum absolute atomic E-state index is 13.3. The highest BCUT2D eigenvalue weighted by molar-refractivity contribution is 5.99. The number of nitrogens with zero attached hydrogens (tertiary/aromatic N) is 3. The Bertz CT molecular complexity index is 1170. The number of anilines is 2. The fourth-order valence-corrected chi connectivity index (χ4v) is 4.08. The molecule has 0 aliphatic heterocycles. The first-order valence-electron chi connectivity index (χ1n) is 11.1. The van der Waals surface area contributed by atoms with Gasteiger partial charge in [-0.05, 0) is 62.6 Å². The number of para-hydroxylation sites is 1. The molecule has 4 rings (SSSR count). The van der Waals surface area contributed by atoms with Crippen LogP contribution in [0.3, 0.4) is 0 Å². The van der Waals surface area contributed by atoms with Crippen molar-refractivity contribution in [2.75, 3.05) is 23.7 Å². The number of aromatic nitrogens is 2. The van der Waals surface area contributed by atoms with Gasteiger partial charge in [-0.2, -0.15) is 5.10 Å². The van der Waals surface area contributed by atoms with E-state index >= 15 is 0 Å². The standard InChI is InChI=1S/C25H27N5O3/c1-3-29(16-23(32)27-19-14-12-18(13-15-19)26-17(2)31)25(33)24-21-10-7-11-22(21)30(28-24)20-8-5-4-6-9-20/h4-6,8-9,12-15H,3,7,10-11,16H2,1-2H3,(H,26,31)(H,27,32). The molecule has 1 heterocycles. The van der Waals surface area contributed by atoms with Crippen molar-refractivity contribution in [1.29, 1.82) is 0 Å². The molecule has 170 valence electrons. The molecule has 1 aliphatic carbocycles. The lowest BCUT2D eigenvalue weighted by molar-refractivity contribution is -0.117. The van der Waals surface area contributed by atoms with Crippen molar-refractivity contribution in [2.45, 2.75) is 33.1 Å². The molecule has 2 N–H and O–H groups in total. The third-order valence-electron chi connectivity index (χ3n) is 5.63. The Morgan fingerprint density at radius 1 is 0.970 bits per heavy atom. The van der Waals surface area contributed by atoms with Crippen LogP contribution in [0.25, 0.3) is 5.69 Å². The summed E-state index contributed by atoms with van der Waals surface area (Å²) in [4.78, 5) is 38.6. The van der Waals surface area contributed by atoms with Crippen LogP contribution in [-0.2, 0) is 22.4 Å². The molecule has 0 atom stereocenters. The highest BCUT2D eigenvalue weighted by Crippen LogP contribution is 2.28. The lowest BCUT2D eigenvalue weighted by Crippen LogP contribution is -2.38. The number of hydrogen-bond acceptors (Lipinski definition) is 4. The highest BCUT2D eigenvalue weighted by atomic mass is 16.2. The van der Waals surface area contributed by atoms with Gasteiger partial charge in [0.15, 0.2) is 5.69 Å². The van der Waals surface area contributed by atoms with Gasteiger partial charge in [-0.15, -0.1) is 0 Å². The maximum Gasteiger partial charge on any atom is 0.275 e. The predicted molar refractivity (Wildman–Crippen MR) is 127 cm³/mol. The SMILES string of the molecule is CCN(CC(=O)Nc1ccc(NC(C)=O)cc1)C(=O)c1nn(-c2ccccc2)c2c1CCC2. The largest absolute Gasteiger partial charge is 0.328 e. The summed E-state index contributed by atoms with van der Waals surface area (Å²) >= 11 is 0. The number of rotatable bonds is 7. The van der Waals surface area contributed by atoms with E-state index in [1.807, 2.05) is 41.9 Å². The van der Waals surface area contributed by atoms with E-state index in [0.717, 1.165) is 36.2 Å². The van der Waals surface area contributed by atoms with Crippen molar-refractivity contribution in [3.05, 3.63) is 71.5 Å². The number of carbonyl (C=O) groups excluding carboxylic acids is 3. The van der Waals surface area contributed by atoms with Crippen molar-refractivity contribution in [3.8, 4) is 5.69 Å². The van der Waals surface area contributed by atoms with Gasteiger partial charge in [0, 0.05) is 36.1 Å². The van der Waals surface area contributed by atoms with Crippen LogP contribution >= 0.6 is 0 Å². The second-order valence-electron chi connectivity index (χ2n) is 8.00. The molecule has 3 aromatic rings. The molecule has 0 fully saturated rings. The van der Waals surface area contributed by atoms with E-state index in [2.05, 4.69) is 15.7 Å². The number of hydrogen-bond donors (Lipinski definition) is 2. The molecule has 33 heavy (non-hydrogen) atoms. The fourth-order valence-electron chi connectivity index (χ4n) is 4.08. The summed E-state index contributed by atoms with van der Waals surface area (Å²) in [5.74, 6) is -0.692. The van der Waals surface area contributed by atoms with Crippen LogP contribution in [0.4, 0.5) is 11.4 Å². The third-order valence-corrected chi connectivity index (χ3v) is 5.63. The molecule has 8 nitrogen and oxygen atoms in total. The van der Waals surface area contributed by atoms with Crippen molar-refractivity contribution in [2.24, 2.45) is 0 Å². The smallest absolute Gasteiger partial charge is 0.275 e. The van der Waals surface area contributed by atoms with Gasteiger partial charge in [0.05, 0.1) is 5.69 Å². The van der Waals surface area contributed by atoms with Crippen LogP contribution in [0, 0.1) is 0 Å². The van der Waals surface area contributed by atoms with E-state index in [0.29, 0.717) is 23.6 Å². The second kappa shape index (κ2) is 9.68.